The molecule has 1 atom stereocenters. The number of nitrogens with one attached hydrogen (secondary N) is 1. The third-order valence-electron chi connectivity index (χ3n) is 2.22. The molecule has 1 amide bonds. The van der Waals surface area contributed by atoms with Crippen molar-refractivity contribution >= 4 is 17.5 Å². The topological polar surface area (TPSA) is 38.3 Å². The van der Waals surface area contributed by atoms with Gasteiger partial charge >= 0.3 is 0 Å². The molecular formula is C9H14ClNO2. The zero-order valence-electron chi connectivity index (χ0n) is 7.73. The smallest absolute Gasteiger partial charge is 0.262 e. The van der Waals surface area contributed by atoms with Crippen LogP contribution in [-0.2, 0) is 9.53 Å². The summed E-state index contributed by atoms with van der Waals surface area (Å²) >= 11 is 5.42. The van der Waals surface area contributed by atoms with E-state index in [-0.39, 0.29) is 16.4 Å². The second-order valence-electron chi connectivity index (χ2n) is 3.70. The summed E-state index contributed by atoms with van der Waals surface area (Å²) in [7, 11) is 0. The fraction of sp³-hybridized carbons (Fsp3) is 0.667. The van der Waals surface area contributed by atoms with E-state index in [4.69, 9.17) is 16.3 Å². The van der Waals surface area contributed by atoms with Crippen molar-refractivity contribution in [2.45, 2.75) is 13.3 Å². The molecule has 0 aromatic rings. The van der Waals surface area contributed by atoms with Gasteiger partial charge in [-0.3, -0.25) is 4.79 Å². The minimum atomic E-state index is -0.296. The summed E-state index contributed by atoms with van der Waals surface area (Å²) < 4.78 is 5.25. The summed E-state index contributed by atoms with van der Waals surface area (Å²) in [4.78, 5) is 11.1. The van der Waals surface area contributed by atoms with Crippen LogP contribution < -0.4 is 5.32 Å². The maximum absolute atomic E-state index is 11.1. The van der Waals surface area contributed by atoms with E-state index in [1.807, 2.05) is 0 Å². The second kappa shape index (κ2) is 4.11. The number of hydrogen-bond acceptors (Lipinski definition) is 2. The number of amides is 1. The first-order valence-corrected chi connectivity index (χ1v) is 4.62. The zero-order valence-corrected chi connectivity index (χ0v) is 8.49. The molecule has 1 fully saturated rings. The number of carbonyl (C=O) groups is 1. The molecule has 1 N–H and O–H groups in total. The first-order chi connectivity index (χ1) is 6.03. The van der Waals surface area contributed by atoms with Crippen molar-refractivity contribution in [2.75, 3.05) is 19.8 Å². The lowest BCUT2D eigenvalue weighted by Crippen LogP contribution is -2.35. The summed E-state index contributed by atoms with van der Waals surface area (Å²) in [5.74, 6) is -0.296. The predicted octanol–water partition coefficient (Wildman–Crippen LogP) is 1.28. The molecule has 0 aromatic carbocycles. The van der Waals surface area contributed by atoms with Gasteiger partial charge in [-0.2, -0.15) is 0 Å². The lowest BCUT2D eigenvalue weighted by Gasteiger charge is -2.21. The van der Waals surface area contributed by atoms with Gasteiger partial charge in [-0.15, -0.1) is 0 Å². The Balaban J connectivity index is 2.33. The van der Waals surface area contributed by atoms with Crippen molar-refractivity contribution in [3.63, 3.8) is 0 Å². The van der Waals surface area contributed by atoms with Gasteiger partial charge in [-0.1, -0.05) is 25.1 Å². The molecule has 0 saturated carbocycles. The number of carbonyl (C=O) groups excluding carboxylic acids is 1. The molecule has 1 unspecified atom stereocenters. The van der Waals surface area contributed by atoms with Crippen LogP contribution in [0.1, 0.15) is 13.3 Å². The van der Waals surface area contributed by atoms with Crippen LogP contribution in [0.3, 0.4) is 0 Å². The molecule has 1 aliphatic rings. The monoisotopic (exact) mass is 203 g/mol. The number of ether oxygens (including phenoxy) is 1. The van der Waals surface area contributed by atoms with Gasteiger partial charge in [0, 0.05) is 18.6 Å². The summed E-state index contributed by atoms with van der Waals surface area (Å²) in [5.41, 5.74) is 0.0575. The van der Waals surface area contributed by atoms with Crippen molar-refractivity contribution in [1.29, 1.82) is 0 Å². The van der Waals surface area contributed by atoms with Crippen LogP contribution in [0, 0.1) is 5.41 Å². The van der Waals surface area contributed by atoms with E-state index in [0.717, 1.165) is 13.0 Å². The largest absolute Gasteiger partial charge is 0.381 e. The molecular weight excluding hydrogens is 190 g/mol. The molecule has 0 spiro atoms. The van der Waals surface area contributed by atoms with E-state index in [0.29, 0.717) is 13.2 Å². The first-order valence-electron chi connectivity index (χ1n) is 4.24. The van der Waals surface area contributed by atoms with Crippen molar-refractivity contribution in [3.05, 3.63) is 11.6 Å². The lowest BCUT2D eigenvalue weighted by molar-refractivity contribution is -0.117. The van der Waals surface area contributed by atoms with E-state index in [9.17, 15) is 4.79 Å². The third-order valence-corrected chi connectivity index (χ3v) is 2.39. The molecule has 3 nitrogen and oxygen atoms in total. The maximum Gasteiger partial charge on any atom is 0.262 e. The van der Waals surface area contributed by atoms with Gasteiger partial charge in [0.2, 0.25) is 0 Å². The van der Waals surface area contributed by atoms with Crippen molar-refractivity contribution < 1.29 is 9.53 Å². The quantitative estimate of drug-likeness (QED) is 0.702. The van der Waals surface area contributed by atoms with Crippen molar-refractivity contribution in [3.8, 4) is 0 Å². The zero-order chi connectivity index (χ0) is 9.90. The molecule has 1 heterocycles. The predicted molar refractivity (Wildman–Crippen MR) is 51.5 cm³/mol. The Morgan fingerprint density at radius 1 is 1.77 bits per heavy atom. The van der Waals surface area contributed by atoms with Crippen LogP contribution in [0.4, 0.5) is 0 Å². The summed E-state index contributed by atoms with van der Waals surface area (Å²) in [5, 5.41) is 2.74. The normalized spacial score (nSPS) is 27.2. The molecule has 1 saturated heterocycles. The highest BCUT2D eigenvalue weighted by Gasteiger charge is 2.29. The third kappa shape index (κ3) is 3.01. The highest BCUT2D eigenvalue weighted by atomic mass is 35.5. The Bertz CT molecular complexity index is 222. The summed E-state index contributed by atoms with van der Waals surface area (Å²) in [6, 6.07) is 0. The molecule has 0 aliphatic carbocycles. The molecule has 13 heavy (non-hydrogen) atoms. The highest BCUT2D eigenvalue weighted by molar-refractivity contribution is 6.41. The summed E-state index contributed by atoms with van der Waals surface area (Å²) in [6.07, 6.45) is 0.974. The molecule has 0 radical (unpaired) electrons. The van der Waals surface area contributed by atoms with E-state index in [1.165, 1.54) is 0 Å². The first kappa shape index (κ1) is 10.5. The van der Waals surface area contributed by atoms with Crippen molar-refractivity contribution in [2.24, 2.45) is 5.41 Å². The second-order valence-corrected chi connectivity index (χ2v) is 4.16. The van der Waals surface area contributed by atoms with Gasteiger partial charge < -0.3 is 10.1 Å². The fourth-order valence-corrected chi connectivity index (χ4v) is 1.31. The Kier molecular flexibility index (Phi) is 3.33. The van der Waals surface area contributed by atoms with Crippen LogP contribution >= 0.6 is 11.6 Å². The molecule has 0 bridgehead atoms. The number of halogens is 1. The Labute approximate surface area is 83.1 Å². The molecule has 1 rings (SSSR count). The van der Waals surface area contributed by atoms with Gasteiger partial charge in [-0.05, 0) is 6.42 Å². The van der Waals surface area contributed by atoms with E-state index >= 15 is 0 Å². The van der Waals surface area contributed by atoms with Crippen molar-refractivity contribution in [1.82, 2.24) is 5.32 Å². The van der Waals surface area contributed by atoms with Crippen LogP contribution in [-0.4, -0.2) is 25.7 Å². The molecule has 74 valence electrons. The van der Waals surface area contributed by atoms with E-state index in [1.54, 1.807) is 0 Å². The number of rotatable bonds is 3. The fourth-order valence-electron chi connectivity index (χ4n) is 1.24. The van der Waals surface area contributed by atoms with E-state index in [2.05, 4.69) is 18.8 Å². The minimum absolute atomic E-state index is 0.0301. The van der Waals surface area contributed by atoms with Gasteiger partial charge in [0.25, 0.3) is 5.91 Å². The van der Waals surface area contributed by atoms with Gasteiger partial charge in [-0.25, -0.2) is 0 Å². The Hall–Kier alpha value is -0.540. The van der Waals surface area contributed by atoms with Crippen LogP contribution in [0.5, 0.6) is 0 Å². The van der Waals surface area contributed by atoms with Crippen LogP contribution in [0.2, 0.25) is 0 Å². The van der Waals surface area contributed by atoms with Crippen LogP contribution in [0.15, 0.2) is 11.6 Å². The number of hydrogen-bond donors (Lipinski definition) is 1. The molecule has 1 aliphatic heterocycles. The maximum atomic E-state index is 11.1. The van der Waals surface area contributed by atoms with Gasteiger partial charge in [0.15, 0.2) is 0 Å². The van der Waals surface area contributed by atoms with Gasteiger partial charge in [0.1, 0.15) is 0 Å². The minimum Gasteiger partial charge on any atom is -0.381 e. The highest BCUT2D eigenvalue weighted by Crippen LogP contribution is 2.26. The van der Waals surface area contributed by atoms with Gasteiger partial charge in [0.05, 0.1) is 11.6 Å². The molecule has 4 heteroatoms. The Morgan fingerprint density at radius 3 is 2.92 bits per heavy atom. The average Bonchev–Trinajstić information content (AvgIpc) is 2.48. The average molecular weight is 204 g/mol. The SMILES string of the molecule is C=C(Cl)C(=O)NCC1(C)CCOC1. The van der Waals surface area contributed by atoms with E-state index < -0.39 is 0 Å². The molecule has 0 aromatic heterocycles. The van der Waals surface area contributed by atoms with Crippen LogP contribution in [0.25, 0.3) is 0 Å². The summed E-state index contributed by atoms with van der Waals surface area (Å²) in [6.45, 7) is 7.49. The lowest BCUT2D eigenvalue weighted by atomic mass is 9.90. The Morgan fingerprint density at radius 2 is 2.46 bits per heavy atom. The standard InChI is InChI=1S/C9H14ClNO2/c1-7(10)8(12)11-5-9(2)3-4-13-6-9/h1,3-6H2,2H3,(H,11,12).